The number of benzene rings is 2. The van der Waals surface area contributed by atoms with Crippen molar-refractivity contribution in [3.63, 3.8) is 0 Å². The number of halogens is 2. The Balaban J connectivity index is 2.39. The number of rotatable bonds is 0. The maximum absolute atomic E-state index is 10.3. The summed E-state index contributed by atoms with van der Waals surface area (Å²) >= 11 is 4.41. The van der Waals surface area contributed by atoms with Gasteiger partial charge in [0.05, 0.1) is 0 Å². The van der Waals surface area contributed by atoms with Gasteiger partial charge in [-0.2, -0.15) is 0 Å². The molecule has 0 radical (unpaired) electrons. The zero-order valence-corrected chi connectivity index (χ0v) is 13.6. The SMILES string of the molecule is O[C@@H]1c2c(I)cccc2-c2cccc(I)c2[C@H]1O. The molecule has 18 heavy (non-hydrogen) atoms. The van der Waals surface area contributed by atoms with Crippen LogP contribution in [-0.4, -0.2) is 10.2 Å². The van der Waals surface area contributed by atoms with Gasteiger partial charge in [-0.05, 0) is 68.4 Å². The van der Waals surface area contributed by atoms with Crippen LogP contribution < -0.4 is 0 Å². The summed E-state index contributed by atoms with van der Waals surface area (Å²) in [6, 6.07) is 11.9. The Kier molecular flexibility index (Phi) is 3.38. The van der Waals surface area contributed by atoms with Crippen LogP contribution in [0.3, 0.4) is 0 Å². The first-order chi connectivity index (χ1) is 8.61. The molecule has 4 heteroatoms. The van der Waals surface area contributed by atoms with E-state index in [-0.39, 0.29) is 0 Å². The fraction of sp³-hybridized carbons (Fsp3) is 0.143. The van der Waals surface area contributed by atoms with E-state index < -0.39 is 12.2 Å². The van der Waals surface area contributed by atoms with E-state index >= 15 is 0 Å². The number of aliphatic hydroxyl groups excluding tert-OH is 2. The Morgan fingerprint density at radius 3 is 1.50 bits per heavy atom. The third-order valence-electron chi connectivity index (χ3n) is 3.29. The second kappa shape index (κ2) is 4.73. The van der Waals surface area contributed by atoms with E-state index in [1.807, 2.05) is 36.4 Å². The summed E-state index contributed by atoms with van der Waals surface area (Å²) in [4.78, 5) is 0. The minimum absolute atomic E-state index is 0.833. The molecule has 2 nitrogen and oxygen atoms in total. The summed E-state index contributed by atoms with van der Waals surface area (Å²) < 4.78 is 1.97. The Hall–Kier alpha value is -0.180. The van der Waals surface area contributed by atoms with Gasteiger partial charge in [0.1, 0.15) is 12.2 Å². The third-order valence-corrected chi connectivity index (χ3v) is 5.17. The van der Waals surface area contributed by atoms with Gasteiger partial charge in [-0.15, -0.1) is 0 Å². The van der Waals surface area contributed by atoms with Crippen molar-refractivity contribution < 1.29 is 10.2 Å². The molecule has 0 aromatic heterocycles. The lowest BCUT2D eigenvalue weighted by molar-refractivity contribution is 0.0148. The zero-order valence-electron chi connectivity index (χ0n) is 9.27. The summed E-state index contributed by atoms with van der Waals surface area (Å²) in [5, 5.41) is 20.6. The second-order valence-electron chi connectivity index (χ2n) is 4.29. The molecule has 0 saturated heterocycles. The molecule has 1 aliphatic carbocycles. The lowest BCUT2D eigenvalue weighted by atomic mass is 9.82. The molecule has 2 N–H and O–H groups in total. The van der Waals surface area contributed by atoms with Crippen LogP contribution in [0.2, 0.25) is 0 Å². The second-order valence-corrected chi connectivity index (χ2v) is 6.62. The van der Waals surface area contributed by atoms with Gasteiger partial charge in [-0.1, -0.05) is 24.3 Å². The fourth-order valence-corrected chi connectivity index (χ4v) is 4.10. The van der Waals surface area contributed by atoms with Crippen molar-refractivity contribution in [3.8, 4) is 11.1 Å². The van der Waals surface area contributed by atoms with E-state index in [1.54, 1.807) is 0 Å². The summed E-state index contributed by atoms with van der Waals surface area (Å²) in [6.45, 7) is 0. The number of hydrogen-bond acceptors (Lipinski definition) is 2. The number of fused-ring (bicyclic) bond motifs is 3. The van der Waals surface area contributed by atoms with Crippen molar-refractivity contribution >= 4 is 45.2 Å². The highest BCUT2D eigenvalue weighted by atomic mass is 127. The van der Waals surface area contributed by atoms with E-state index in [9.17, 15) is 10.2 Å². The van der Waals surface area contributed by atoms with Crippen LogP contribution in [0, 0.1) is 7.14 Å². The van der Waals surface area contributed by atoms with Gasteiger partial charge in [-0.25, -0.2) is 0 Å². The highest BCUT2D eigenvalue weighted by Crippen LogP contribution is 2.47. The van der Waals surface area contributed by atoms with Crippen molar-refractivity contribution in [1.82, 2.24) is 0 Å². The molecule has 0 unspecified atom stereocenters. The molecule has 1 aliphatic rings. The Bertz CT molecular complexity index is 570. The van der Waals surface area contributed by atoms with Gasteiger partial charge in [0, 0.05) is 18.3 Å². The van der Waals surface area contributed by atoms with Crippen molar-refractivity contribution in [2.75, 3.05) is 0 Å². The molecule has 2 aromatic rings. The molecule has 0 heterocycles. The molecule has 0 amide bonds. The van der Waals surface area contributed by atoms with Gasteiger partial charge in [0.2, 0.25) is 0 Å². The standard InChI is InChI=1S/C14H10I2O2/c15-9-5-1-3-7-8-4-2-6-10(16)12(8)14(18)13(17)11(7)9/h1-6,13-14,17-18H/t13-,14-/m1/s1. The normalized spacial score (nSPS) is 21.3. The van der Waals surface area contributed by atoms with Gasteiger partial charge < -0.3 is 10.2 Å². The Labute approximate surface area is 132 Å². The lowest BCUT2D eigenvalue weighted by Gasteiger charge is -2.30. The van der Waals surface area contributed by atoms with Crippen LogP contribution >= 0.6 is 45.2 Å². The average molecular weight is 464 g/mol. The van der Waals surface area contributed by atoms with Gasteiger partial charge in [-0.3, -0.25) is 0 Å². The van der Waals surface area contributed by atoms with E-state index in [2.05, 4.69) is 45.2 Å². The van der Waals surface area contributed by atoms with Crippen LogP contribution in [-0.2, 0) is 0 Å². The lowest BCUT2D eigenvalue weighted by Crippen LogP contribution is -2.19. The van der Waals surface area contributed by atoms with Gasteiger partial charge in [0.15, 0.2) is 0 Å². The smallest absolute Gasteiger partial charge is 0.111 e. The number of hydrogen-bond donors (Lipinski definition) is 2. The minimum Gasteiger partial charge on any atom is -0.385 e. The highest BCUT2D eigenvalue weighted by Gasteiger charge is 2.33. The predicted octanol–water partition coefficient (Wildman–Crippen LogP) is 3.64. The van der Waals surface area contributed by atoms with E-state index in [0.717, 1.165) is 29.4 Å². The van der Waals surface area contributed by atoms with E-state index in [4.69, 9.17) is 0 Å². The van der Waals surface area contributed by atoms with Crippen LogP contribution in [0.15, 0.2) is 36.4 Å². The number of aliphatic hydroxyl groups is 2. The molecule has 0 bridgehead atoms. The molecule has 0 aliphatic heterocycles. The van der Waals surface area contributed by atoms with Crippen LogP contribution in [0.5, 0.6) is 0 Å². The first kappa shape index (κ1) is 12.8. The first-order valence-electron chi connectivity index (χ1n) is 5.54. The van der Waals surface area contributed by atoms with Crippen molar-refractivity contribution in [2.45, 2.75) is 12.2 Å². The Morgan fingerprint density at radius 2 is 1.11 bits per heavy atom. The van der Waals surface area contributed by atoms with Crippen LogP contribution in [0.25, 0.3) is 11.1 Å². The molecule has 0 spiro atoms. The Morgan fingerprint density at radius 1 is 0.722 bits per heavy atom. The third kappa shape index (κ3) is 1.81. The maximum Gasteiger partial charge on any atom is 0.111 e. The summed E-state index contributed by atoms with van der Waals surface area (Å²) in [6.07, 6.45) is -1.70. The fourth-order valence-electron chi connectivity index (χ4n) is 2.46. The predicted molar refractivity (Wildman–Crippen MR) is 87.2 cm³/mol. The quantitative estimate of drug-likeness (QED) is 0.585. The summed E-state index contributed by atoms with van der Waals surface area (Å²) in [5.74, 6) is 0. The monoisotopic (exact) mass is 464 g/mol. The zero-order chi connectivity index (χ0) is 12.9. The topological polar surface area (TPSA) is 40.5 Å². The molecule has 3 rings (SSSR count). The van der Waals surface area contributed by atoms with Gasteiger partial charge in [0.25, 0.3) is 0 Å². The van der Waals surface area contributed by atoms with Gasteiger partial charge >= 0.3 is 0 Å². The van der Waals surface area contributed by atoms with Crippen molar-refractivity contribution in [1.29, 1.82) is 0 Å². The van der Waals surface area contributed by atoms with Crippen LogP contribution in [0.4, 0.5) is 0 Å². The van der Waals surface area contributed by atoms with E-state index in [0.29, 0.717) is 0 Å². The molecule has 0 saturated carbocycles. The molecular formula is C14H10I2O2. The maximum atomic E-state index is 10.3. The largest absolute Gasteiger partial charge is 0.385 e. The molecule has 2 atom stereocenters. The average Bonchev–Trinajstić information content (AvgIpc) is 2.35. The first-order valence-corrected chi connectivity index (χ1v) is 7.70. The van der Waals surface area contributed by atoms with E-state index in [1.165, 1.54) is 0 Å². The summed E-state index contributed by atoms with van der Waals surface area (Å²) in [5.41, 5.74) is 3.71. The van der Waals surface area contributed by atoms with Crippen LogP contribution in [0.1, 0.15) is 23.3 Å². The highest BCUT2D eigenvalue weighted by molar-refractivity contribution is 14.1. The molecular weight excluding hydrogens is 454 g/mol. The van der Waals surface area contributed by atoms with Crippen molar-refractivity contribution in [3.05, 3.63) is 54.7 Å². The molecule has 0 fully saturated rings. The van der Waals surface area contributed by atoms with Crippen molar-refractivity contribution in [2.24, 2.45) is 0 Å². The molecule has 92 valence electrons. The molecule has 2 aromatic carbocycles. The minimum atomic E-state index is -0.850. The summed E-state index contributed by atoms with van der Waals surface area (Å²) in [7, 11) is 0.